The summed E-state index contributed by atoms with van der Waals surface area (Å²) in [6, 6.07) is 23.1. The number of carbonyl (C=O) groups excluding carboxylic acids is 1. The first-order valence-corrected chi connectivity index (χ1v) is 9.99. The summed E-state index contributed by atoms with van der Waals surface area (Å²) in [7, 11) is 0. The summed E-state index contributed by atoms with van der Waals surface area (Å²) in [6.45, 7) is 0.993. The molecule has 4 nitrogen and oxygen atoms in total. The van der Waals surface area contributed by atoms with Crippen molar-refractivity contribution in [2.24, 2.45) is 0 Å². The lowest BCUT2D eigenvalue weighted by molar-refractivity contribution is 0.0949. The normalized spacial score (nSPS) is 10.9. The Morgan fingerprint density at radius 3 is 2.61 bits per heavy atom. The fraction of sp³-hybridized carbons (Fsp3) is 0.0909. The molecule has 0 aliphatic carbocycles. The predicted octanol–water partition coefficient (Wildman–Crippen LogP) is 5.43. The molecular weight excluding hydrogens is 438 g/mol. The number of amides is 1. The summed E-state index contributed by atoms with van der Waals surface area (Å²) in [4.78, 5) is 17.2. The van der Waals surface area contributed by atoms with Crippen molar-refractivity contribution in [1.82, 2.24) is 14.9 Å². The van der Waals surface area contributed by atoms with Gasteiger partial charge in [-0.2, -0.15) is 0 Å². The molecule has 0 bridgehead atoms. The van der Waals surface area contributed by atoms with Gasteiger partial charge in [0.1, 0.15) is 5.82 Å². The maximum atomic E-state index is 12.5. The molecule has 0 unspecified atom stereocenters. The number of hydrogen-bond donors (Lipinski definition) is 1. The minimum Gasteiger partial charge on any atom is -0.345 e. The maximum absolute atomic E-state index is 12.5. The molecule has 3 aromatic carbocycles. The maximum Gasteiger partial charge on any atom is 0.251 e. The van der Waals surface area contributed by atoms with E-state index in [1.54, 1.807) is 12.1 Å². The largest absolute Gasteiger partial charge is 0.345 e. The SMILES string of the molecule is O=C(NCc1nc2ccccc2n1Cc1ccc(Cl)cc1)c1cccc(Br)c1. The Balaban J connectivity index is 1.61. The van der Waals surface area contributed by atoms with E-state index in [-0.39, 0.29) is 5.91 Å². The van der Waals surface area contributed by atoms with Crippen LogP contribution in [0.4, 0.5) is 0 Å². The summed E-state index contributed by atoms with van der Waals surface area (Å²) in [5, 5.41) is 3.68. The number of rotatable bonds is 5. The van der Waals surface area contributed by atoms with Gasteiger partial charge in [-0.1, -0.05) is 57.9 Å². The molecule has 0 saturated heterocycles. The average molecular weight is 455 g/mol. The Bertz CT molecular complexity index is 1140. The highest BCUT2D eigenvalue weighted by Crippen LogP contribution is 2.19. The number of benzene rings is 3. The zero-order valence-corrected chi connectivity index (χ0v) is 17.2. The van der Waals surface area contributed by atoms with E-state index in [1.165, 1.54) is 0 Å². The number of carbonyl (C=O) groups is 1. The molecule has 0 atom stereocenters. The molecule has 0 aliphatic heterocycles. The highest BCUT2D eigenvalue weighted by atomic mass is 79.9. The Hall–Kier alpha value is -2.63. The highest BCUT2D eigenvalue weighted by Gasteiger charge is 2.13. The van der Waals surface area contributed by atoms with E-state index < -0.39 is 0 Å². The van der Waals surface area contributed by atoms with Gasteiger partial charge in [-0.25, -0.2) is 4.98 Å². The minimum atomic E-state index is -0.133. The predicted molar refractivity (Wildman–Crippen MR) is 116 cm³/mol. The number of imidazole rings is 1. The Morgan fingerprint density at radius 2 is 1.82 bits per heavy atom. The molecule has 0 aliphatic rings. The van der Waals surface area contributed by atoms with E-state index >= 15 is 0 Å². The lowest BCUT2D eigenvalue weighted by atomic mass is 10.2. The zero-order chi connectivity index (χ0) is 19.5. The second-order valence-electron chi connectivity index (χ2n) is 6.42. The molecule has 4 rings (SSSR count). The van der Waals surface area contributed by atoms with Crippen molar-refractivity contribution in [1.29, 1.82) is 0 Å². The first kappa shape index (κ1) is 18.7. The van der Waals surface area contributed by atoms with Crippen LogP contribution in [0.25, 0.3) is 11.0 Å². The smallest absolute Gasteiger partial charge is 0.251 e. The van der Waals surface area contributed by atoms with Crippen molar-refractivity contribution in [3.8, 4) is 0 Å². The topological polar surface area (TPSA) is 46.9 Å². The van der Waals surface area contributed by atoms with E-state index in [2.05, 4.69) is 25.8 Å². The number of aromatic nitrogens is 2. The van der Waals surface area contributed by atoms with E-state index in [4.69, 9.17) is 16.6 Å². The van der Waals surface area contributed by atoms with Crippen LogP contribution in [0.15, 0.2) is 77.3 Å². The second-order valence-corrected chi connectivity index (χ2v) is 7.77. The third-order valence-corrected chi connectivity index (χ3v) is 5.23. The number of para-hydroxylation sites is 2. The van der Waals surface area contributed by atoms with E-state index in [1.807, 2.05) is 60.7 Å². The van der Waals surface area contributed by atoms with Crippen molar-refractivity contribution in [2.45, 2.75) is 13.1 Å². The van der Waals surface area contributed by atoms with E-state index in [0.29, 0.717) is 23.7 Å². The lowest BCUT2D eigenvalue weighted by Crippen LogP contribution is -2.24. The van der Waals surface area contributed by atoms with Crippen LogP contribution in [-0.2, 0) is 13.1 Å². The van der Waals surface area contributed by atoms with E-state index in [9.17, 15) is 4.79 Å². The Labute approximate surface area is 176 Å². The number of hydrogen-bond acceptors (Lipinski definition) is 2. The van der Waals surface area contributed by atoms with Crippen LogP contribution >= 0.6 is 27.5 Å². The number of fused-ring (bicyclic) bond motifs is 1. The van der Waals surface area contributed by atoms with Crippen LogP contribution in [0.5, 0.6) is 0 Å². The molecule has 1 N–H and O–H groups in total. The number of nitrogens with one attached hydrogen (secondary N) is 1. The van der Waals surface area contributed by atoms with Gasteiger partial charge in [0.15, 0.2) is 0 Å². The van der Waals surface area contributed by atoms with Gasteiger partial charge in [-0.05, 0) is 48.0 Å². The quantitative estimate of drug-likeness (QED) is 0.437. The van der Waals surface area contributed by atoms with E-state index in [0.717, 1.165) is 26.9 Å². The van der Waals surface area contributed by atoms with Gasteiger partial charge < -0.3 is 9.88 Å². The third-order valence-electron chi connectivity index (χ3n) is 4.48. The zero-order valence-electron chi connectivity index (χ0n) is 14.9. The Morgan fingerprint density at radius 1 is 1.04 bits per heavy atom. The van der Waals surface area contributed by atoms with Crippen molar-refractivity contribution in [2.75, 3.05) is 0 Å². The van der Waals surface area contributed by atoms with Crippen molar-refractivity contribution < 1.29 is 4.79 Å². The molecule has 1 aromatic heterocycles. The van der Waals surface area contributed by atoms with Crippen LogP contribution < -0.4 is 5.32 Å². The molecule has 140 valence electrons. The molecule has 0 saturated carbocycles. The summed E-state index contributed by atoms with van der Waals surface area (Å²) in [6.07, 6.45) is 0. The fourth-order valence-electron chi connectivity index (χ4n) is 3.10. The third kappa shape index (κ3) is 4.11. The average Bonchev–Trinajstić information content (AvgIpc) is 3.05. The molecule has 6 heteroatoms. The number of halogens is 2. The number of nitrogens with zero attached hydrogens (tertiary/aromatic N) is 2. The summed E-state index contributed by atoms with van der Waals surface area (Å²) in [5.74, 6) is 0.672. The lowest BCUT2D eigenvalue weighted by Gasteiger charge is -2.11. The fourth-order valence-corrected chi connectivity index (χ4v) is 3.63. The van der Waals surface area contributed by atoms with Gasteiger partial charge in [0.2, 0.25) is 0 Å². The summed E-state index contributed by atoms with van der Waals surface area (Å²) >= 11 is 9.40. The van der Waals surface area contributed by atoms with Gasteiger partial charge in [-0.15, -0.1) is 0 Å². The van der Waals surface area contributed by atoms with Gasteiger partial charge in [0.25, 0.3) is 5.91 Å². The van der Waals surface area contributed by atoms with Crippen LogP contribution in [-0.4, -0.2) is 15.5 Å². The molecular formula is C22H17BrClN3O. The highest BCUT2D eigenvalue weighted by molar-refractivity contribution is 9.10. The molecule has 0 spiro atoms. The second kappa shape index (κ2) is 8.17. The van der Waals surface area contributed by atoms with Crippen LogP contribution in [0, 0.1) is 0 Å². The van der Waals surface area contributed by atoms with Gasteiger partial charge in [0.05, 0.1) is 17.6 Å². The molecule has 0 radical (unpaired) electrons. The standard InChI is InChI=1S/C22H17BrClN3O/c23-17-5-3-4-16(12-17)22(28)25-13-21-26-19-6-1-2-7-20(19)27(21)14-15-8-10-18(24)11-9-15/h1-12H,13-14H2,(H,25,28). The first-order valence-electron chi connectivity index (χ1n) is 8.82. The Kier molecular flexibility index (Phi) is 5.46. The van der Waals surface area contributed by atoms with Gasteiger partial charge >= 0.3 is 0 Å². The molecule has 1 amide bonds. The summed E-state index contributed by atoms with van der Waals surface area (Å²) < 4.78 is 3.00. The molecule has 0 fully saturated rings. The van der Waals surface area contributed by atoms with Crippen molar-refractivity contribution in [3.63, 3.8) is 0 Å². The van der Waals surface area contributed by atoms with Crippen molar-refractivity contribution >= 4 is 44.5 Å². The van der Waals surface area contributed by atoms with Crippen LogP contribution in [0.2, 0.25) is 5.02 Å². The monoisotopic (exact) mass is 453 g/mol. The van der Waals surface area contributed by atoms with Gasteiger partial charge in [-0.3, -0.25) is 4.79 Å². The van der Waals surface area contributed by atoms with Crippen LogP contribution in [0.3, 0.4) is 0 Å². The van der Waals surface area contributed by atoms with Gasteiger partial charge in [0, 0.05) is 21.6 Å². The molecule has 1 heterocycles. The molecule has 4 aromatic rings. The van der Waals surface area contributed by atoms with Crippen LogP contribution in [0.1, 0.15) is 21.7 Å². The molecule has 28 heavy (non-hydrogen) atoms. The summed E-state index contributed by atoms with van der Waals surface area (Å²) in [5.41, 5.74) is 3.66. The minimum absolute atomic E-state index is 0.133. The van der Waals surface area contributed by atoms with Crippen molar-refractivity contribution in [3.05, 3.63) is 99.2 Å². The first-order chi connectivity index (χ1) is 13.6.